The summed E-state index contributed by atoms with van der Waals surface area (Å²) in [6.07, 6.45) is 1.72. The first kappa shape index (κ1) is 16.2. The van der Waals surface area contributed by atoms with Crippen molar-refractivity contribution in [3.05, 3.63) is 71.2 Å². The summed E-state index contributed by atoms with van der Waals surface area (Å²) in [4.78, 5) is 17.7. The van der Waals surface area contributed by atoms with E-state index in [9.17, 15) is 9.18 Å². The minimum absolute atomic E-state index is 0.0820. The molecule has 3 aromatic rings. The highest BCUT2D eigenvalue weighted by molar-refractivity contribution is 6.27. The molecule has 0 spiro atoms. The molecule has 3 nitrogen and oxygen atoms in total. The number of benzene rings is 2. The summed E-state index contributed by atoms with van der Waals surface area (Å²) in [5.41, 5.74) is 3.96. The standard InChI is InChI=1S/C20H18ClFN2O/c21-12-18(25)24-10-4-8-16-15-7-1-2-9-17(15)23-19(16)20(24)13-5-3-6-14(22)11-13/h1-3,5-7,9,11,20,23H,4,8,10,12H2. The van der Waals surface area contributed by atoms with Gasteiger partial charge in [-0.1, -0.05) is 30.3 Å². The average Bonchev–Trinajstić information content (AvgIpc) is 2.87. The van der Waals surface area contributed by atoms with Crippen LogP contribution in [0.25, 0.3) is 10.9 Å². The number of amides is 1. The third-order valence-electron chi connectivity index (χ3n) is 4.86. The van der Waals surface area contributed by atoms with Gasteiger partial charge in [-0.25, -0.2) is 4.39 Å². The Morgan fingerprint density at radius 1 is 1.24 bits per heavy atom. The lowest BCUT2D eigenvalue weighted by molar-refractivity contribution is -0.130. The molecule has 1 aromatic heterocycles. The minimum atomic E-state index is -0.355. The molecule has 128 valence electrons. The summed E-state index contributed by atoms with van der Waals surface area (Å²) in [5, 5.41) is 1.17. The third-order valence-corrected chi connectivity index (χ3v) is 5.09. The summed E-state index contributed by atoms with van der Waals surface area (Å²) in [5.74, 6) is -0.526. The normalized spacial score (nSPS) is 17.4. The first-order chi connectivity index (χ1) is 12.2. The smallest absolute Gasteiger partial charge is 0.238 e. The molecule has 1 N–H and O–H groups in total. The number of nitrogens with zero attached hydrogens (tertiary/aromatic N) is 1. The number of rotatable bonds is 2. The van der Waals surface area contributed by atoms with E-state index in [1.165, 1.54) is 23.1 Å². The van der Waals surface area contributed by atoms with Gasteiger partial charge in [0, 0.05) is 23.1 Å². The van der Waals surface area contributed by atoms with E-state index in [1.54, 1.807) is 11.0 Å². The summed E-state index contributed by atoms with van der Waals surface area (Å²) in [7, 11) is 0. The minimum Gasteiger partial charge on any atom is -0.356 e. The van der Waals surface area contributed by atoms with Gasteiger partial charge >= 0.3 is 0 Å². The molecule has 1 aliphatic heterocycles. The molecule has 5 heteroatoms. The van der Waals surface area contributed by atoms with Gasteiger partial charge in [0.15, 0.2) is 0 Å². The zero-order valence-electron chi connectivity index (χ0n) is 13.6. The van der Waals surface area contributed by atoms with E-state index in [4.69, 9.17) is 11.6 Å². The second-order valence-corrected chi connectivity index (χ2v) is 6.61. The van der Waals surface area contributed by atoms with Crippen molar-refractivity contribution in [3.8, 4) is 0 Å². The van der Waals surface area contributed by atoms with Gasteiger partial charge in [-0.2, -0.15) is 0 Å². The predicted octanol–water partition coefficient (Wildman–Crippen LogP) is 4.41. The number of aromatic amines is 1. The SMILES string of the molecule is O=C(CCl)N1CCCc2c([nH]c3ccccc23)C1c1cccc(F)c1. The van der Waals surface area contributed by atoms with Gasteiger partial charge in [-0.3, -0.25) is 4.79 Å². The van der Waals surface area contributed by atoms with Crippen LogP contribution in [0.3, 0.4) is 0 Å². The Bertz CT molecular complexity index is 936. The Labute approximate surface area is 150 Å². The summed E-state index contributed by atoms with van der Waals surface area (Å²) in [6.45, 7) is 0.601. The fourth-order valence-corrected chi connectivity index (χ4v) is 3.96. The van der Waals surface area contributed by atoms with Gasteiger partial charge in [-0.15, -0.1) is 11.6 Å². The lowest BCUT2D eigenvalue weighted by Gasteiger charge is -2.30. The van der Waals surface area contributed by atoms with E-state index >= 15 is 0 Å². The van der Waals surface area contributed by atoms with Gasteiger partial charge < -0.3 is 9.88 Å². The first-order valence-electron chi connectivity index (χ1n) is 8.39. The number of hydrogen-bond donors (Lipinski definition) is 1. The van der Waals surface area contributed by atoms with Crippen LogP contribution in [0.2, 0.25) is 0 Å². The number of aryl methyl sites for hydroxylation is 1. The van der Waals surface area contributed by atoms with E-state index in [0.717, 1.165) is 29.6 Å². The highest BCUT2D eigenvalue weighted by atomic mass is 35.5. The lowest BCUT2D eigenvalue weighted by Crippen LogP contribution is -2.36. The van der Waals surface area contributed by atoms with Crippen LogP contribution in [0.1, 0.15) is 29.3 Å². The summed E-state index contributed by atoms with van der Waals surface area (Å²) < 4.78 is 13.9. The van der Waals surface area contributed by atoms with Crippen LogP contribution < -0.4 is 0 Å². The Hall–Kier alpha value is -2.33. The number of fused-ring (bicyclic) bond motifs is 3. The highest BCUT2D eigenvalue weighted by Gasteiger charge is 2.32. The molecule has 1 unspecified atom stereocenters. The number of alkyl halides is 1. The molecule has 1 amide bonds. The van der Waals surface area contributed by atoms with Crippen LogP contribution >= 0.6 is 11.6 Å². The number of nitrogens with one attached hydrogen (secondary N) is 1. The van der Waals surface area contributed by atoms with Crippen molar-refractivity contribution < 1.29 is 9.18 Å². The average molecular weight is 357 g/mol. The van der Waals surface area contributed by atoms with Gasteiger partial charge in [0.25, 0.3) is 0 Å². The van der Waals surface area contributed by atoms with Crippen molar-refractivity contribution >= 4 is 28.4 Å². The Morgan fingerprint density at radius 2 is 2.08 bits per heavy atom. The van der Waals surface area contributed by atoms with Crippen LogP contribution in [0, 0.1) is 5.82 Å². The van der Waals surface area contributed by atoms with Gasteiger partial charge in [-0.05, 0) is 42.2 Å². The van der Waals surface area contributed by atoms with Crippen molar-refractivity contribution in [1.82, 2.24) is 9.88 Å². The van der Waals surface area contributed by atoms with E-state index < -0.39 is 0 Å². The van der Waals surface area contributed by atoms with Crippen molar-refractivity contribution in [3.63, 3.8) is 0 Å². The maximum absolute atomic E-state index is 13.9. The number of carbonyl (C=O) groups is 1. The molecule has 0 radical (unpaired) electrons. The Kier molecular flexibility index (Phi) is 4.22. The molecule has 1 aliphatic rings. The molecule has 4 rings (SSSR count). The zero-order chi connectivity index (χ0) is 17.4. The first-order valence-corrected chi connectivity index (χ1v) is 8.93. The summed E-state index contributed by atoms with van der Waals surface area (Å²) >= 11 is 5.85. The fourth-order valence-electron chi connectivity index (χ4n) is 3.80. The topological polar surface area (TPSA) is 36.1 Å². The maximum Gasteiger partial charge on any atom is 0.238 e. The highest BCUT2D eigenvalue weighted by Crippen LogP contribution is 2.37. The second kappa shape index (κ2) is 6.52. The van der Waals surface area contributed by atoms with Gasteiger partial charge in [0.2, 0.25) is 5.91 Å². The van der Waals surface area contributed by atoms with Crippen LogP contribution in [-0.4, -0.2) is 28.2 Å². The number of carbonyl (C=O) groups excluding carboxylic acids is 1. The molecular formula is C20H18ClFN2O. The number of hydrogen-bond acceptors (Lipinski definition) is 1. The molecule has 25 heavy (non-hydrogen) atoms. The Morgan fingerprint density at radius 3 is 2.88 bits per heavy atom. The van der Waals surface area contributed by atoms with Crippen molar-refractivity contribution in [2.45, 2.75) is 18.9 Å². The maximum atomic E-state index is 13.9. The van der Waals surface area contributed by atoms with E-state index in [-0.39, 0.29) is 23.6 Å². The molecule has 0 fully saturated rings. The molecule has 0 saturated heterocycles. The Balaban J connectivity index is 1.95. The van der Waals surface area contributed by atoms with Crippen molar-refractivity contribution in [2.75, 3.05) is 12.4 Å². The number of para-hydroxylation sites is 1. The van der Waals surface area contributed by atoms with E-state index in [0.29, 0.717) is 6.54 Å². The fraction of sp³-hybridized carbons (Fsp3) is 0.250. The third kappa shape index (κ3) is 2.81. The van der Waals surface area contributed by atoms with E-state index in [2.05, 4.69) is 11.1 Å². The van der Waals surface area contributed by atoms with Crippen LogP contribution in [-0.2, 0) is 11.2 Å². The number of H-pyrrole nitrogens is 1. The number of halogens is 2. The molecule has 0 saturated carbocycles. The van der Waals surface area contributed by atoms with Crippen LogP contribution in [0.4, 0.5) is 4.39 Å². The van der Waals surface area contributed by atoms with Crippen molar-refractivity contribution in [1.29, 1.82) is 0 Å². The summed E-state index contributed by atoms with van der Waals surface area (Å²) in [6, 6.07) is 14.2. The second-order valence-electron chi connectivity index (χ2n) is 6.34. The molecular weight excluding hydrogens is 339 g/mol. The van der Waals surface area contributed by atoms with Crippen LogP contribution in [0.5, 0.6) is 0 Å². The molecule has 0 bridgehead atoms. The zero-order valence-corrected chi connectivity index (χ0v) is 14.4. The monoisotopic (exact) mass is 356 g/mol. The van der Waals surface area contributed by atoms with E-state index in [1.807, 2.05) is 24.3 Å². The lowest BCUT2D eigenvalue weighted by atomic mass is 9.98. The quantitative estimate of drug-likeness (QED) is 0.678. The number of aromatic nitrogens is 1. The molecule has 2 aromatic carbocycles. The predicted molar refractivity (Wildman–Crippen MR) is 97.3 cm³/mol. The van der Waals surface area contributed by atoms with Crippen molar-refractivity contribution in [2.24, 2.45) is 0 Å². The molecule has 2 heterocycles. The van der Waals surface area contributed by atoms with Gasteiger partial charge in [0.1, 0.15) is 11.7 Å². The molecule has 0 aliphatic carbocycles. The van der Waals surface area contributed by atoms with Gasteiger partial charge in [0.05, 0.1) is 6.04 Å². The largest absolute Gasteiger partial charge is 0.356 e. The van der Waals surface area contributed by atoms with Crippen LogP contribution in [0.15, 0.2) is 48.5 Å². The molecule has 1 atom stereocenters.